The Morgan fingerprint density at radius 2 is 2.17 bits per heavy atom. The molecule has 0 radical (unpaired) electrons. The lowest BCUT2D eigenvalue weighted by atomic mass is 10.3. The second-order valence-electron chi connectivity index (χ2n) is 4.88. The number of aromatic nitrogens is 3. The van der Waals surface area contributed by atoms with Crippen LogP contribution >= 0.6 is 0 Å². The van der Waals surface area contributed by atoms with E-state index in [1.165, 1.54) is 17.0 Å². The number of ether oxygens (including phenoxy) is 1. The molecule has 0 unspecified atom stereocenters. The standard InChI is InChI=1S/C15H19N5O3/c1-3-6-23-13-5-4-11(8-16-13)9-17-15(22)19-12-7-14(21)20(2)10-18-12/h4-5,7-8,10H,3,6,9H2,1-2H3,(H2,17,19,22). The summed E-state index contributed by atoms with van der Waals surface area (Å²) in [7, 11) is 1.58. The molecule has 23 heavy (non-hydrogen) atoms. The van der Waals surface area contributed by atoms with Crippen LogP contribution in [0.25, 0.3) is 0 Å². The van der Waals surface area contributed by atoms with E-state index < -0.39 is 6.03 Å². The number of hydrogen-bond donors (Lipinski definition) is 2. The number of nitrogens with one attached hydrogen (secondary N) is 2. The summed E-state index contributed by atoms with van der Waals surface area (Å²) in [5.41, 5.74) is 0.586. The Bertz CT molecular complexity index is 712. The highest BCUT2D eigenvalue weighted by Crippen LogP contribution is 2.07. The lowest BCUT2D eigenvalue weighted by Gasteiger charge is -2.08. The maximum atomic E-state index is 11.8. The number of amides is 2. The third-order valence-electron chi connectivity index (χ3n) is 2.92. The molecule has 0 bridgehead atoms. The van der Waals surface area contributed by atoms with Crippen molar-refractivity contribution in [3.63, 3.8) is 0 Å². The molecule has 0 atom stereocenters. The summed E-state index contributed by atoms with van der Waals surface area (Å²) in [6.07, 6.45) is 3.90. The van der Waals surface area contributed by atoms with Gasteiger partial charge in [0, 0.05) is 31.9 Å². The van der Waals surface area contributed by atoms with Crippen molar-refractivity contribution in [3.8, 4) is 5.88 Å². The van der Waals surface area contributed by atoms with Crippen LogP contribution in [-0.2, 0) is 13.6 Å². The van der Waals surface area contributed by atoms with E-state index in [0.717, 1.165) is 12.0 Å². The summed E-state index contributed by atoms with van der Waals surface area (Å²) < 4.78 is 6.70. The summed E-state index contributed by atoms with van der Waals surface area (Å²) in [6.45, 7) is 2.95. The summed E-state index contributed by atoms with van der Waals surface area (Å²) >= 11 is 0. The minimum Gasteiger partial charge on any atom is -0.478 e. The molecule has 0 aliphatic heterocycles. The third kappa shape index (κ3) is 5.10. The topological polar surface area (TPSA) is 98.1 Å². The van der Waals surface area contributed by atoms with Crippen molar-refractivity contribution in [2.24, 2.45) is 7.05 Å². The lowest BCUT2D eigenvalue weighted by molar-refractivity contribution is 0.251. The summed E-state index contributed by atoms with van der Waals surface area (Å²) in [4.78, 5) is 31.3. The average molecular weight is 317 g/mol. The molecule has 2 amide bonds. The van der Waals surface area contributed by atoms with Crippen LogP contribution in [0.4, 0.5) is 10.6 Å². The Balaban J connectivity index is 1.84. The molecule has 0 saturated heterocycles. The smallest absolute Gasteiger partial charge is 0.320 e. The Hall–Kier alpha value is -2.90. The second kappa shape index (κ2) is 7.92. The first-order chi connectivity index (χ1) is 11.1. The number of pyridine rings is 1. The first-order valence-electron chi connectivity index (χ1n) is 7.23. The van der Waals surface area contributed by atoms with E-state index in [0.29, 0.717) is 19.0 Å². The Morgan fingerprint density at radius 3 is 2.83 bits per heavy atom. The van der Waals surface area contributed by atoms with Gasteiger partial charge in [-0.1, -0.05) is 13.0 Å². The van der Waals surface area contributed by atoms with E-state index in [1.807, 2.05) is 13.0 Å². The number of carbonyl (C=O) groups excluding carboxylic acids is 1. The molecule has 0 aromatic carbocycles. The van der Waals surface area contributed by atoms with Gasteiger partial charge < -0.3 is 14.6 Å². The fraction of sp³-hybridized carbons (Fsp3) is 0.333. The Labute approximate surface area is 133 Å². The molecule has 122 valence electrons. The molecular formula is C15H19N5O3. The van der Waals surface area contributed by atoms with Gasteiger partial charge in [0.1, 0.15) is 5.82 Å². The van der Waals surface area contributed by atoms with Crippen molar-refractivity contribution in [2.45, 2.75) is 19.9 Å². The molecule has 2 rings (SSSR count). The molecule has 2 N–H and O–H groups in total. The van der Waals surface area contributed by atoms with E-state index in [4.69, 9.17) is 4.74 Å². The molecule has 0 aliphatic carbocycles. The highest BCUT2D eigenvalue weighted by molar-refractivity contribution is 5.87. The maximum absolute atomic E-state index is 11.8. The zero-order valence-electron chi connectivity index (χ0n) is 13.1. The van der Waals surface area contributed by atoms with Crippen LogP contribution in [0.2, 0.25) is 0 Å². The van der Waals surface area contributed by atoms with Crippen LogP contribution in [0, 0.1) is 0 Å². The van der Waals surface area contributed by atoms with Gasteiger partial charge in [0.25, 0.3) is 5.56 Å². The van der Waals surface area contributed by atoms with Crippen LogP contribution in [-0.4, -0.2) is 27.2 Å². The normalized spacial score (nSPS) is 10.2. The number of aryl methyl sites for hydroxylation is 1. The van der Waals surface area contributed by atoms with Crippen LogP contribution in [0.3, 0.4) is 0 Å². The lowest BCUT2D eigenvalue weighted by Crippen LogP contribution is -2.29. The number of urea groups is 1. The fourth-order valence-corrected chi connectivity index (χ4v) is 1.68. The van der Waals surface area contributed by atoms with Crippen LogP contribution in [0.1, 0.15) is 18.9 Å². The molecule has 0 spiro atoms. The maximum Gasteiger partial charge on any atom is 0.320 e. The van der Waals surface area contributed by atoms with Gasteiger partial charge in [0.2, 0.25) is 5.88 Å². The summed E-state index contributed by atoms with van der Waals surface area (Å²) in [6, 6.07) is 4.39. The molecule has 2 heterocycles. The van der Waals surface area contributed by atoms with Crippen molar-refractivity contribution in [1.29, 1.82) is 0 Å². The number of carbonyl (C=O) groups is 1. The van der Waals surface area contributed by atoms with Gasteiger partial charge in [-0.05, 0) is 12.0 Å². The number of rotatable bonds is 6. The first kappa shape index (κ1) is 16.5. The zero-order chi connectivity index (χ0) is 16.7. The predicted octanol–water partition coefficient (Wildman–Crippen LogP) is 1.29. The molecule has 8 nitrogen and oxygen atoms in total. The van der Waals surface area contributed by atoms with Crippen molar-refractivity contribution in [1.82, 2.24) is 19.9 Å². The monoisotopic (exact) mass is 317 g/mol. The highest BCUT2D eigenvalue weighted by Gasteiger charge is 2.04. The molecule has 0 aliphatic rings. The largest absolute Gasteiger partial charge is 0.478 e. The molecule has 0 saturated carbocycles. The molecule has 8 heteroatoms. The predicted molar refractivity (Wildman–Crippen MR) is 85.4 cm³/mol. The minimum atomic E-state index is -0.447. The van der Waals surface area contributed by atoms with E-state index in [1.54, 1.807) is 19.3 Å². The third-order valence-corrected chi connectivity index (χ3v) is 2.92. The van der Waals surface area contributed by atoms with E-state index in [2.05, 4.69) is 20.6 Å². The van der Waals surface area contributed by atoms with Crippen LogP contribution < -0.4 is 20.9 Å². The quantitative estimate of drug-likeness (QED) is 0.836. The van der Waals surface area contributed by atoms with Gasteiger partial charge in [0.15, 0.2) is 0 Å². The van der Waals surface area contributed by atoms with Gasteiger partial charge in [-0.3, -0.25) is 10.1 Å². The van der Waals surface area contributed by atoms with Crippen LogP contribution in [0.5, 0.6) is 5.88 Å². The summed E-state index contributed by atoms with van der Waals surface area (Å²) in [5.74, 6) is 0.761. The highest BCUT2D eigenvalue weighted by atomic mass is 16.5. The molecule has 0 fully saturated rings. The van der Waals surface area contributed by atoms with Crippen molar-refractivity contribution >= 4 is 11.8 Å². The number of anilines is 1. The number of nitrogens with zero attached hydrogens (tertiary/aromatic N) is 3. The van der Waals surface area contributed by atoms with E-state index in [-0.39, 0.29) is 11.4 Å². The second-order valence-corrected chi connectivity index (χ2v) is 4.88. The molecular weight excluding hydrogens is 298 g/mol. The van der Waals surface area contributed by atoms with Crippen molar-refractivity contribution in [2.75, 3.05) is 11.9 Å². The Kier molecular flexibility index (Phi) is 5.67. The van der Waals surface area contributed by atoms with Crippen molar-refractivity contribution in [3.05, 3.63) is 46.6 Å². The number of hydrogen-bond acceptors (Lipinski definition) is 5. The Morgan fingerprint density at radius 1 is 1.35 bits per heavy atom. The summed E-state index contributed by atoms with van der Waals surface area (Å²) in [5, 5.41) is 5.16. The average Bonchev–Trinajstić information content (AvgIpc) is 2.55. The van der Waals surface area contributed by atoms with Crippen LogP contribution in [0.15, 0.2) is 35.5 Å². The fourth-order valence-electron chi connectivity index (χ4n) is 1.68. The van der Waals surface area contributed by atoms with Crippen molar-refractivity contribution < 1.29 is 9.53 Å². The van der Waals surface area contributed by atoms with E-state index >= 15 is 0 Å². The van der Waals surface area contributed by atoms with E-state index in [9.17, 15) is 9.59 Å². The van der Waals surface area contributed by atoms with Gasteiger partial charge in [-0.2, -0.15) is 0 Å². The molecule has 2 aromatic rings. The van der Waals surface area contributed by atoms with Gasteiger partial charge >= 0.3 is 6.03 Å². The molecule has 2 aromatic heterocycles. The van der Waals surface area contributed by atoms with Gasteiger partial charge in [0.05, 0.1) is 12.9 Å². The SMILES string of the molecule is CCCOc1ccc(CNC(=O)Nc2cc(=O)n(C)cn2)cn1. The zero-order valence-corrected chi connectivity index (χ0v) is 13.1. The minimum absolute atomic E-state index is 0.201. The van der Waals surface area contributed by atoms with Gasteiger partial charge in [-0.15, -0.1) is 0 Å². The first-order valence-corrected chi connectivity index (χ1v) is 7.23. The van der Waals surface area contributed by atoms with Gasteiger partial charge in [-0.25, -0.2) is 14.8 Å².